The molecule has 0 aliphatic carbocycles. The van der Waals surface area contributed by atoms with Gasteiger partial charge in [0.25, 0.3) is 0 Å². The number of H-pyrrole nitrogens is 1. The highest BCUT2D eigenvalue weighted by Gasteiger charge is 2.19. The molecule has 4 heteroatoms. The number of aromatic nitrogens is 2. The van der Waals surface area contributed by atoms with Crippen LogP contribution in [0.5, 0.6) is 0 Å². The second-order valence-electron chi connectivity index (χ2n) is 6.55. The zero-order valence-corrected chi connectivity index (χ0v) is 12.3. The third kappa shape index (κ3) is 4.51. The second-order valence-corrected chi connectivity index (χ2v) is 6.55. The first-order valence-corrected chi connectivity index (χ1v) is 6.52. The lowest BCUT2D eigenvalue weighted by molar-refractivity contribution is -0.117. The summed E-state index contributed by atoms with van der Waals surface area (Å²) in [6.07, 6.45) is 1.38. The van der Waals surface area contributed by atoms with Crippen LogP contribution in [0, 0.1) is 18.3 Å². The van der Waals surface area contributed by atoms with E-state index in [-0.39, 0.29) is 11.3 Å². The highest BCUT2D eigenvalue weighted by Crippen LogP contribution is 2.23. The number of rotatable bonds is 4. The van der Waals surface area contributed by atoms with Crippen LogP contribution in [0.1, 0.15) is 52.4 Å². The first-order valence-electron chi connectivity index (χ1n) is 6.52. The van der Waals surface area contributed by atoms with E-state index in [1.165, 1.54) is 0 Å². The number of amides is 1. The topological polar surface area (TPSA) is 57.8 Å². The summed E-state index contributed by atoms with van der Waals surface area (Å²) < 4.78 is 0. The molecule has 18 heavy (non-hydrogen) atoms. The summed E-state index contributed by atoms with van der Waals surface area (Å²) in [7, 11) is 0. The van der Waals surface area contributed by atoms with Crippen LogP contribution in [0.4, 0.5) is 5.69 Å². The van der Waals surface area contributed by atoms with Gasteiger partial charge < -0.3 is 5.32 Å². The molecular formula is C14H25N3O. The Labute approximate surface area is 110 Å². The Morgan fingerprint density at radius 2 is 2.00 bits per heavy atom. The second kappa shape index (κ2) is 5.55. The summed E-state index contributed by atoms with van der Waals surface area (Å²) in [5, 5.41) is 10.2. The van der Waals surface area contributed by atoms with E-state index in [0.717, 1.165) is 23.5 Å². The van der Waals surface area contributed by atoms with Gasteiger partial charge >= 0.3 is 0 Å². The van der Waals surface area contributed by atoms with Gasteiger partial charge in [0.15, 0.2) is 0 Å². The van der Waals surface area contributed by atoms with E-state index >= 15 is 0 Å². The molecule has 1 amide bonds. The third-order valence-electron chi connectivity index (χ3n) is 2.58. The zero-order valence-electron chi connectivity index (χ0n) is 12.3. The average molecular weight is 251 g/mol. The number of aryl methyl sites for hydroxylation is 1. The van der Waals surface area contributed by atoms with E-state index in [4.69, 9.17) is 0 Å². The number of carbonyl (C=O) groups is 1. The van der Waals surface area contributed by atoms with Crippen molar-refractivity contribution in [2.45, 2.75) is 54.4 Å². The van der Waals surface area contributed by atoms with Gasteiger partial charge in [-0.15, -0.1) is 0 Å². The Morgan fingerprint density at radius 1 is 1.39 bits per heavy atom. The maximum atomic E-state index is 12.0. The van der Waals surface area contributed by atoms with Crippen LogP contribution in [-0.4, -0.2) is 16.1 Å². The molecule has 2 N–H and O–H groups in total. The first kappa shape index (κ1) is 14.7. The summed E-state index contributed by atoms with van der Waals surface area (Å²) >= 11 is 0. The Bertz CT molecular complexity index is 413. The van der Waals surface area contributed by atoms with Crippen LogP contribution >= 0.6 is 0 Å². The number of hydrogen-bond donors (Lipinski definition) is 2. The largest absolute Gasteiger partial charge is 0.323 e. The van der Waals surface area contributed by atoms with Crippen molar-refractivity contribution in [1.82, 2.24) is 10.2 Å². The molecule has 102 valence electrons. The van der Waals surface area contributed by atoms with Crippen LogP contribution in [0.25, 0.3) is 0 Å². The van der Waals surface area contributed by atoms with E-state index in [1.807, 2.05) is 6.92 Å². The SMILES string of the molecule is Cc1[nH]nc(CC(C)C)c1NC(=O)CC(C)(C)C. The lowest BCUT2D eigenvalue weighted by Crippen LogP contribution is -2.20. The van der Waals surface area contributed by atoms with Crippen molar-refractivity contribution in [1.29, 1.82) is 0 Å². The molecule has 0 fully saturated rings. The molecule has 0 aromatic carbocycles. The quantitative estimate of drug-likeness (QED) is 0.862. The summed E-state index contributed by atoms with van der Waals surface area (Å²) in [5.74, 6) is 0.572. The molecule has 4 nitrogen and oxygen atoms in total. The van der Waals surface area contributed by atoms with Gasteiger partial charge in [-0.25, -0.2) is 0 Å². The predicted molar refractivity (Wildman–Crippen MR) is 74.6 cm³/mol. The Kier molecular flexibility index (Phi) is 4.54. The molecule has 0 unspecified atom stereocenters. The minimum absolute atomic E-state index is 0.0000644. The number of aromatic amines is 1. The molecule has 0 radical (unpaired) electrons. The van der Waals surface area contributed by atoms with Crippen LogP contribution in [-0.2, 0) is 11.2 Å². The molecule has 0 aliphatic heterocycles. The van der Waals surface area contributed by atoms with E-state index in [2.05, 4.69) is 50.1 Å². The molecule has 1 rings (SSSR count). The molecule has 1 aromatic rings. The molecule has 1 heterocycles. The molecule has 0 saturated heterocycles. The van der Waals surface area contributed by atoms with Gasteiger partial charge in [-0.1, -0.05) is 34.6 Å². The Hall–Kier alpha value is -1.32. The fourth-order valence-corrected chi connectivity index (χ4v) is 1.85. The van der Waals surface area contributed by atoms with Crippen molar-refractivity contribution in [3.05, 3.63) is 11.4 Å². The van der Waals surface area contributed by atoms with Crippen molar-refractivity contribution in [3.8, 4) is 0 Å². The number of anilines is 1. The maximum absolute atomic E-state index is 12.0. The summed E-state index contributed by atoms with van der Waals surface area (Å²) in [5.41, 5.74) is 2.73. The smallest absolute Gasteiger partial charge is 0.224 e. The highest BCUT2D eigenvalue weighted by molar-refractivity contribution is 5.92. The van der Waals surface area contributed by atoms with E-state index in [1.54, 1.807) is 0 Å². The van der Waals surface area contributed by atoms with Gasteiger partial charge in [-0.2, -0.15) is 5.10 Å². The summed E-state index contributed by atoms with van der Waals surface area (Å²) in [4.78, 5) is 12.0. The lowest BCUT2D eigenvalue weighted by atomic mass is 9.92. The molecule has 0 saturated carbocycles. The standard InChI is InChI=1S/C14H25N3O/c1-9(2)7-11-13(10(3)16-17-11)15-12(18)8-14(4,5)6/h9H,7-8H2,1-6H3,(H,15,18)(H,16,17). The van der Waals surface area contributed by atoms with Crippen LogP contribution in [0.2, 0.25) is 0 Å². The van der Waals surface area contributed by atoms with Gasteiger partial charge in [0, 0.05) is 6.42 Å². The van der Waals surface area contributed by atoms with Gasteiger partial charge in [0.1, 0.15) is 0 Å². The van der Waals surface area contributed by atoms with Crippen LogP contribution < -0.4 is 5.32 Å². The highest BCUT2D eigenvalue weighted by atomic mass is 16.1. The van der Waals surface area contributed by atoms with Crippen molar-refractivity contribution in [2.24, 2.45) is 11.3 Å². The van der Waals surface area contributed by atoms with E-state index < -0.39 is 0 Å². The molecular weight excluding hydrogens is 226 g/mol. The lowest BCUT2D eigenvalue weighted by Gasteiger charge is -2.17. The zero-order chi connectivity index (χ0) is 13.9. The van der Waals surface area contributed by atoms with Gasteiger partial charge in [0.05, 0.1) is 17.1 Å². The van der Waals surface area contributed by atoms with Crippen molar-refractivity contribution < 1.29 is 4.79 Å². The minimum atomic E-state index is -0.0000644. The fourth-order valence-electron chi connectivity index (χ4n) is 1.85. The average Bonchev–Trinajstić information content (AvgIpc) is 2.46. The van der Waals surface area contributed by atoms with Gasteiger partial charge in [-0.05, 0) is 24.7 Å². The van der Waals surface area contributed by atoms with Gasteiger partial charge in [0.2, 0.25) is 5.91 Å². The van der Waals surface area contributed by atoms with Crippen molar-refractivity contribution in [3.63, 3.8) is 0 Å². The Balaban J connectivity index is 2.77. The number of nitrogens with one attached hydrogen (secondary N) is 2. The molecule has 0 atom stereocenters. The van der Waals surface area contributed by atoms with E-state index in [9.17, 15) is 4.79 Å². The monoisotopic (exact) mass is 251 g/mol. The Morgan fingerprint density at radius 3 is 2.50 bits per heavy atom. The summed E-state index contributed by atoms with van der Waals surface area (Å²) in [6, 6.07) is 0. The normalized spacial score (nSPS) is 11.9. The molecule has 0 spiro atoms. The maximum Gasteiger partial charge on any atom is 0.224 e. The van der Waals surface area contributed by atoms with Crippen molar-refractivity contribution in [2.75, 3.05) is 5.32 Å². The van der Waals surface area contributed by atoms with E-state index in [0.29, 0.717) is 12.3 Å². The number of hydrogen-bond acceptors (Lipinski definition) is 2. The summed E-state index contributed by atoms with van der Waals surface area (Å²) in [6.45, 7) is 12.4. The van der Waals surface area contributed by atoms with Crippen LogP contribution in [0.15, 0.2) is 0 Å². The van der Waals surface area contributed by atoms with Crippen molar-refractivity contribution >= 4 is 11.6 Å². The molecule has 0 aliphatic rings. The van der Waals surface area contributed by atoms with Gasteiger partial charge in [-0.3, -0.25) is 9.89 Å². The number of nitrogens with zero attached hydrogens (tertiary/aromatic N) is 1. The first-order chi connectivity index (χ1) is 8.19. The molecule has 1 aromatic heterocycles. The number of carbonyl (C=O) groups excluding carboxylic acids is 1. The predicted octanol–water partition coefficient (Wildman–Crippen LogP) is 3.29. The van der Waals surface area contributed by atoms with Crippen LogP contribution in [0.3, 0.4) is 0 Å². The fraction of sp³-hybridized carbons (Fsp3) is 0.714. The third-order valence-corrected chi connectivity index (χ3v) is 2.58. The minimum Gasteiger partial charge on any atom is -0.323 e. The molecule has 0 bridgehead atoms.